The van der Waals surface area contributed by atoms with Crippen LogP contribution < -0.4 is 0 Å². The van der Waals surface area contributed by atoms with Crippen LogP contribution in [0.1, 0.15) is 214 Å². The SMILES string of the molecule is CC(=O)[C@@]1(C)CC[C@]2(C)CC[C@]3(C)C(=CC[C@@H]4[C@@]5(C)C=CC(=O)C(C)(C)[C@@H]5CC[C@]43C)[C@@H]2C1.CC(=O)[C@@]1(C)CC[C@]2(C)CC[C@]3(C)[C@H](C(=O)C[C@@H]4[C@@]5(C)C=CC(=O)C(C)(C)[C@@H]5CC[C@]43C)[C@@H]2C1. The minimum Gasteiger partial charge on any atom is -0.299 e. The summed E-state index contributed by atoms with van der Waals surface area (Å²) in [5.74, 6) is 4.08. The minimum absolute atomic E-state index is 0.0498. The summed E-state index contributed by atoms with van der Waals surface area (Å²) in [6, 6.07) is 0. The fourth-order valence-electron chi connectivity index (χ4n) is 20.4. The molecule has 5 nitrogen and oxygen atoms in total. The molecule has 10 aliphatic carbocycles. The van der Waals surface area contributed by atoms with Crippen molar-refractivity contribution >= 4 is 28.9 Å². The maximum absolute atomic E-state index is 14.3. The lowest BCUT2D eigenvalue weighted by molar-refractivity contribution is -0.220. The van der Waals surface area contributed by atoms with E-state index in [-0.39, 0.29) is 83.1 Å². The Hall–Kier alpha value is -2.43. The molecule has 0 N–H and O–H groups in total. The lowest BCUT2D eigenvalue weighted by atomic mass is 9.32. The van der Waals surface area contributed by atoms with E-state index in [4.69, 9.17) is 0 Å². The molecule has 5 heteroatoms. The second-order valence-electron chi connectivity index (χ2n) is 29.6. The second-order valence-corrected chi connectivity index (χ2v) is 29.6. The van der Waals surface area contributed by atoms with Gasteiger partial charge in [0.05, 0.1) is 0 Å². The molecule has 0 unspecified atom stereocenters. The normalized spacial score (nSPS) is 53.3. The van der Waals surface area contributed by atoms with Gasteiger partial charge in [0.2, 0.25) is 0 Å². The molecule has 0 heterocycles. The highest BCUT2D eigenvalue weighted by molar-refractivity contribution is 5.96. The van der Waals surface area contributed by atoms with Gasteiger partial charge in [0.25, 0.3) is 0 Å². The van der Waals surface area contributed by atoms with Gasteiger partial charge in [-0.1, -0.05) is 121 Å². The van der Waals surface area contributed by atoms with E-state index >= 15 is 0 Å². The largest absolute Gasteiger partial charge is 0.299 e. The van der Waals surface area contributed by atoms with Gasteiger partial charge in [-0.2, -0.15) is 0 Å². The Kier molecular flexibility index (Phi) is 11.0. The van der Waals surface area contributed by atoms with Crippen LogP contribution in [0.15, 0.2) is 36.0 Å². The molecule has 0 bridgehead atoms. The molecular formula is C62H92O5. The van der Waals surface area contributed by atoms with Crippen LogP contribution in [0.2, 0.25) is 0 Å². The van der Waals surface area contributed by atoms with E-state index in [9.17, 15) is 24.0 Å². The standard InChI is InChI=1S/C31H46O3.C31H46O2/c1-19(32)28(5)14-13-27(4)15-16-31(8)25(20(27)18-28)21(33)17-23-29(6)11-10-24(34)26(2,3)22(29)9-12-30(23,31)7;1-20(32)28(5)16-15-27(4)17-18-30(7)21(22(27)19-28)9-10-24-29(6)13-12-25(33)26(2,3)23(29)11-14-31(24,30)8/h10-11,20,22-23,25H,9,12-18H2,1-8H3;9,12-13,22-24H,10-11,14-19H2,1-8H3/t20-,22-,23+,25-,27+,28-,29-,30+,31+;22-,23-,24+,27+,28-,29-,30+,31+/m00/s1. The zero-order chi connectivity index (χ0) is 49.4. The molecule has 370 valence electrons. The number of carbonyl (C=O) groups is 5. The van der Waals surface area contributed by atoms with Gasteiger partial charge in [0.1, 0.15) is 17.3 Å². The lowest BCUT2D eigenvalue weighted by Crippen LogP contribution is -2.68. The average Bonchev–Trinajstić information content (AvgIpc) is 3.23. The summed E-state index contributed by atoms with van der Waals surface area (Å²) in [6.45, 7) is 36.4. The second kappa shape index (κ2) is 14.8. The predicted molar refractivity (Wildman–Crippen MR) is 270 cm³/mol. The van der Waals surface area contributed by atoms with Crippen molar-refractivity contribution < 1.29 is 24.0 Å². The van der Waals surface area contributed by atoms with Crippen molar-refractivity contribution in [2.24, 2.45) is 106 Å². The molecule has 17 atom stereocenters. The number of ketones is 5. The number of hydrogen-bond donors (Lipinski definition) is 0. The third kappa shape index (κ3) is 6.37. The summed E-state index contributed by atoms with van der Waals surface area (Å²) in [5.41, 5.74) is 1.45. The van der Waals surface area contributed by atoms with Crippen molar-refractivity contribution in [1.29, 1.82) is 0 Å². The first-order valence-corrected chi connectivity index (χ1v) is 27.4. The van der Waals surface area contributed by atoms with Gasteiger partial charge in [-0.05, 0) is 201 Å². The summed E-state index contributed by atoms with van der Waals surface area (Å²) in [7, 11) is 0. The number of fused-ring (bicyclic) bond motifs is 14. The van der Waals surface area contributed by atoms with Crippen LogP contribution in [0.3, 0.4) is 0 Å². The van der Waals surface area contributed by atoms with Crippen molar-refractivity contribution in [3.8, 4) is 0 Å². The fraction of sp³-hybridized carbons (Fsp3) is 0.823. The predicted octanol–water partition coefficient (Wildman–Crippen LogP) is 14.7. The van der Waals surface area contributed by atoms with Gasteiger partial charge < -0.3 is 0 Å². The van der Waals surface area contributed by atoms with Crippen LogP contribution in [0, 0.1) is 106 Å². The Morgan fingerprint density at radius 1 is 0.507 bits per heavy atom. The smallest absolute Gasteiger partial charge is 0.161 e. The first-order chi connectivity index (χ1) is 30.7. The van der Waals surface area contributed by atoms with Crippen molar-refractivity contribution in [1.82, 2.24) is 0 Å². The highest BCUT2D eigenvalue weighted by atomic mass is 16.1. The van der Waals surface area contributed by atoms with E-state index in [0.29, 0.717) is 58.6 Å². The first-order valence-electron chi connectivity index (χ1n) is 27.4. The van der Waals surface area contributed by atoms with Gasteiger partial charge in [-0.25, -0.2) is 0 Å². The van der Waals surface area contributed by atoms with Crippen molar-refractivity contribution in [3.63, 3.8) is 0 Å². The topological polar surface area (TPSA) is 85.3 Å². The van der Waals surface area contributed by atoms with Gasteiger partial charge in [-0.3, -0.25) is 24.0 Å². The summed E-state index contributed by atoms with van der Waals surface area (Å²) in [6.07, 6.45) is 28.1. The Morgan fingerprint density at radius 2 is 0.985 bits per heavy atom. The minimum atomic E-state index is -0.372. The number of rotatable bonds is 2. The third-order valence-electron chi connectivity index (χ3n) is 26.3. The molecule has 10 aliphatic rings. The Balaban J connectivity index is 0.000000168. The molecule has 0 saturated heterocycles. The van der Waals surface area contributed by atoms with Gasteiger partial charge in [0.15, 0.2) is 11.6 Å². The average molecular weight is 917 g/mol. The van der Waals surface area contributed by atoms with Gasteiger partial charge >= 0.3 is 0 Å². The molecule has 0 amide bonds. The third-order valence-corrected chi connectivity index (χ3v) is 26.3. The van der Waals surface area contributed by atoms with Gasteiger partial charge in [-0.15, -0.1) is 0 Å². The Labute approximate surface area is 407 Å². The maximum atomic E-state index is 14.3. The Bertz CT molecular complexity index is 2270. The quantitative estimate of drug-likeness (QED) is 0.258. The monoisotopic (exact) mass is 917 g/mol. The molecule has 0 spiro atoms. The molecule has 0 aromatic carbocycles. The van der Waals surface area contributed by atoms with Crippen LogP contribution in [-0.2, 0) is 24.0 Å². The molecule has 7 saturated carbocycles. The number of carbonyl (C=O) groups excluding carboxylic acids is 5. The zero-order valence-electron chi connectivity index (χ0n) is 45.3. The van der Waals surface area contributed by atoms with E-state index in [1.54, 1.807) is 12.5 Å². The van der Waals surface area contributed by atoms with Crippen LogP contribution in [0.25, 0.3) is 0 Å². The van der Waals surface area contributed by atoms with E-state index in [1.807, 2.05) is 19.1 Å². The molecule has 0 radical (unpaired) electrons. The summed E-state index contributed by atoms with van der Waals surface area (Å²) in [4.78, 5) is 65.3. The van der Waals surface area contributed by atoms with Crippen molar-refractivity contribution in [2.45, 2.75) is 214 Å². The Morgan fingerprint density at radius 3 is 1.54 bits per heavy atom. The van der Waals surface area contributed by atoms with E-state index < -0.39 is 0 Å². The molecule has 0 aromatic heterocycles. The first kappa shape index (κ1) is 49.5. The van der Waals surface area contributed by atoms with Crippen molar-refractivity contribution in [3.05, 3.63) is 36.0 Å². The van der Waals surface area contributed by atoms with Crippen LogP contribution in [0.5, 0.6) is 0 Å². The molecule has 10 rings (SSSR count). The molecule has 0 aliphatic heterocycles. The van der Waals surface area contributed by atoms with Crippen molar-refractivity contribution in [2.75, 3.05) is 0 Å². The van der Waals surface area contributed by atoms with Crippen LogP contribution >= 0.6 is 0 Å². The highest BCUT2D eigenvalue weighted by Gasteiger charge is 2.72. The summed E-state index contributed by atoms with van der Waals surface area (Å²) < 4.78 is 0. The van der Waals surface area contributed by atoms with Crippen LogP contribution in [0.4, 0.5) is 0 Å². The van der Waals surface area contributed by atoms with Gasteiger partial charge in [0, 0.05) is 34.0 Å². The van der Waals surface area contributed by atoms with E-state index in [2.05, 4.69) is 115 Å². The van der Waals surface area contributed by atoms with E-state index in [0.717, 1.165) is 70.6 Å². The lowest BCUT2D eigenvalue weighted by Gasteiger charge is -2.71. The highest BCUT2D eigenvalue weighted by Crippen LogP contribution is 2.77. The number of Topliss-reactive ketones (excluding diaryl/α,β-unsaturated/α-hetero) is 3. The molecule has 67 heavy (non-hydrogen) atoms. The zero-order valence-corrected chi connectivity index (χ0v) is 45.3. The fourth-order valence-corrected chi connectivity index (χ4v) is 20.4. The van der Waals surface area contributed by atoms with E-state index in [1.165, 1.54) is 25.7 Å². The number of hydrogen-bond acceptors (Lipinski definition) is 5. The molecule has 0 aromatic rings. The maximum Gasteiger partial charge on any atom is 0.161 e. The summed E-state index contributed by atoms with van der Waals surface area (Å²) in [5, 5.41) is 0. The molecular weight excluding hydrogens is 825 g/mol. The van der Waals surface area contributed by atoms with Crippen LogP contribution in [-0.4, -0.2) is 28.9 Å². The summed E-state index contributed by atoms with van der Waals surface area (Å²) >= 11 is 0. The molecule has 7 fully saturated rings. The number of allylic oxidation sites excluding steroid dienone is 6.